The van der Waals surface area contributed by atoms with Gasteiger partial charge in [-0.25, -0.2) is 0 Å². The summed E-state index contributed by atoms with van der Waals surface area (Å²) in [6.45, 7) is 8.08. The van der Waals surface area contributed by atoms with Crippen LogP contribution in [0, 0.1) is 6.92 Å². The molecule has 1 rings (SSSR count). The summed E-state index contributed by atoms with van der Waals surface area (Å²) >= 11 is 6.04. The summed E-state index contributed by atoms with van der Waals surface area (Å²) < 4.78 is 0. The van der Waals surface area contributed by atoms with Crippen LogP contribution in [0.3, 0.4) is 0 Å². The van der Waals surface area contributed by atoms with Crippen molar-refractivity contribution < 1.29 is 9.59 Å². The number of anilines is 1. The standard InChI is InChI=1S/C18H28ClN5O2.HI/c1-12-13(19)7-6-8-14(12)23-15(25)9-10-21-17(20-5)22-11-16(26)24-18(2,3)4;/h6-8H,9-11H2,1-5H3,(H,23,25)(H,24,26)(H2,20,21,22);1H. The Bertz CT molecular complexity index is 674. The van der Waals surface area contributed by atoms with Gasteiger partial charge in [0.25, 0.3) is 0 Å². The van der Waals surface area contributed by atoms with Gasteiger partial charge in [0, 0.05) is 36.3 Å². The number of benzene rings is 1. The van der Waals surface area contributed by atoms with E-state index in [4.69, 9.17) is 11.6 Å². The first kappa shape index (κ1) is 25.4. The average Bonchev–Trinajstić information content (AvgIpc) is 2.53. The van der Waals surface area contributed by atoms with Crippen molar-refractivity contribution in [1.29, 1.82) is 0 Å². The molecule has 0 aliphatic heterocycles. The van der Waals surface area contributed by atoms with Crippen LogP contribution in [0.1, 0.15) is 32.8 Å². The van der Waals surface area contributed by atoms with Gasteiger partial charge >= 0.3 is 0 Å². The summed E-state index contributed by atoms with van der Waals surface area (Å²) in [7, 11) is 1.60. The lowest BCUT2D eigenvalue weighted by Crippen LogP contribution is -2.48. The third-order valence-corrected chi connectivity index (χ3v) is 3.75. The van der Waals surface area contributed by atoms with Crippen LogP contribution in [0.4, 0.5) is 5.69 Å². The molecule has 0 saturated heterocycles. The first-order valence-corrected chi connectivity index (χ1v) is 8.80. The number of nitrogens with one attached hydrogen (secondary N) is 4. The van der Waals surface area contributed by atoms with Gasteiger partial charge in [0.15, 0.2) is 5.96 Å². The quantitative estimate of drug-likeness (QED) is 0.269. The minimum Gasteiger partial charge on any atom is -0.356 e. The highest BCUT2D eigenvalue weighted by Gasteiger charge is 2.13. The van der Waals surface area contributed by atoms with Gasteiger partial charge in [-0.3, -0.25) is 14.6 Å². The molecule has 1 aromatic carbocycles. The van der Waals surface area contributed by atoms with Crippen LogP contribution in [0.25, 0.3) is 0 Å². The summed E-state index contributed by atoms with van der Waals surface area (Å²) in [4.78, 5) is 27.9. The Morgan fingerprint density at radius 1 is 1.15 bits per heavy atom. The molecule has 4 N–H and O–H groups in total. The number of rotatable bonds is 6. The number of hydrogen-bond donors (Lipinski definition) is 4. The molecule has 0 radical (unpaired) electrons. The lowest BCUT2D eigenvalue weighted by molar-refractivity contribution is -0.121. The van der Waals surface area contributed by atoms with Crippen molar-refractivity contribution in [2.45, 2.75) is 39.7 Å². The lowest BCUT2D eigenvalue weighted by atomic mass is 10.1. The summed E-state index contributed by atoms with van der Waals surface area (Å²) in [6.07, 6.45) is 0.251. The van der Waals surface area contributed by atoms with E-state index in [2.05, 4.69) is 26.3 Å². The van der Waals surface area contributed by atoms with Crippen LogP contribution in [0.5, 0.6) is 0 Å². The van der Waals surface area contributed by atoms with E-state index in [0.29, 0.717) is 23.2 Å². The zero-order valence-electron chi connectivity index (χ0n) is 16.4. The van der Waals surface area contributed by atoms with E-state index in [1.807, 2.05) is 27.7 Å². The van der Waals surface area contributed by atoms with Gasteiger partial charge in [-0.15, -0.1) is 24.0 Å². The highest BCUT2D eigenvalue weighted by Crippen LogP contribution is 2.22. The first-order chi connectivity index (χ1) is 12.1. The summed E-state index contributed by atoms with van der Waals surface area (Å²) in [6, 6.07) is 5.37. The molecule has 152 valence electrons. The fraction of sp³-hybridized carbons (Fsp3) is 0.500. The number of carbonyl (C=O) groups excluding carboxylic acids is 2. The molecule has 1 aromatic rings. The number of hydrogen-bond acceptors (Lipinski definition) is 3. The second-order valence-corrected chi connectivity index (χ2v) is 7.27. The molecule has 0 heterocycles. The molecular weight excluding hydrogens is 481 g/mol. The summed E-state index contributed by atoms with van der Waals surface area (Å²) in [5.74, 6) is 0.194. The van der Waals surface area contributed by atoms with Crippen LogP contribution in [0.15, 0.2) is 23.2 Å². The van der Waals surface area contributed by atoms with Gasteiger partial charge < -0.3 is 21.3 Å². The number of halogens is 2. The van der Waals surface area contributed by atoms with E-state index in [1.165, 1.54) is 0 Å². The smallest absolute Gasteiger partial charge is 0.239 e. The zero-order chi connectivity index (χ0) is 19.7. The van der Waals surface area contributed by atoms with Gasteiger partial charge in [0.1, 0.15) is 0 Å². The number of amides is 2. The van der Waals surface area contributed by atoms with Crippen LogP contribution < -0.4 is 21.3 Å². The van der Waals surface area contributed by atoms with Gasteiger partial charge in [0.2, 0.25) is 11.8 Å². The normalized spacial score (nSPS) is 11.3. The number of nitrogens with zero attached hydrogens (tertiary/aromatic N) is 1. The Balaban J connectivity index is 0.00000676. The maximum absolute atomic E-state index is 12.0. The molecule has 0 bridgehead atoms. The van der Waals surface area contributed by atoms with Crippen LogP contribution in [0.2, 0.25) is 5.02 Å². The molecule has 0 spiro atoms. The largest absolute Gasteiger partial charge is 0.356 e. The molecule has 27 heavy (non-hydrogen) atoms. The molecule has 0 aromatic heterocycles. The van der Waals surface area contributed by atoms with Crippen LogP contribution in [-0.2, 0) is 9.59 Å². The van der Waals surface area contributed by atoms with E-state index in [9.17, 15) is 9.59 Å². The van der Waals surface area contributed by atoms with E-state index >= 15 is 0 Å². The highest BCUT2D eigenvalue weighted by molar-refractivity contribution is 14.0. The Morgan fingerprint density at radius 2 is 1.81 bits per heavy atom. The average molecular weight is 510 g/mol. The van der Waals surface area contributed by atoms with E-state index < -0.39 is 0 Å². The van der Waals surface area contributed by atoms with E-state index in [-0.39, 0.29) is 54.3 Å². The second kappa shape index (κ2) is 12.0. The van der Waals surface area contributed by atoms with Crippen LogP contribution >= 0.6 is 35.6 Å². The molecule has 0 saturated carbocycles. The van der Waals surface area contributed by atoms with Gasteiger partial charge in [-0.1, -0.05) is 17.7 Å². The second-order valence-electron chi connectivity index (χ2n) is 6.86. The molecule has 2 amide bonds. The molecule has 7 nitrogen and oxygen atoms in total. The SMILES string of the molecule is CN=C(NCCC(=O)Nc1cccc(Cl)c1C)NCC(=O)NC(C)(C)C.I. The highest BCUT2D eigenvalue weighted by atomic mass is 127. The van der Waals surface area contributed by atoms with E-state index in [1.54, 1.807) is 25.2 Å². The van der Waals surface area contributed by atoms with Crippen LogP contribution in [-0.4, -0.2) is 43.5 Å². The molecule has 0 atom stereocenters. The first-order valence-electron chi connectivity index (χ1n) is 8.43. The molecular formula is C18H29ClIN5O2. The molecule has 9 heteroatoms. The monoisotopic (exact) mass is 509 g/mol. The molecule has 0 unspecified atom stereocenters. The predicted molar refractivity (Wildman–Crippen MR) is 122 cm³/mol. The maximum atomic E-state index is 12.0. The van der Waals surface area contributed by atoms with Crippen molar-refractivity contribution in [3.63, 3.8) is 0 Å². The Hall–Kier alpha value is -1.55. The predicted octanol–water partition coefficient (Wildman–Crippen LogP) is 2.67. The Morgan fingerprint density at radius 3 is 2.41 bits per heavy atom. The Labute approximate surface area is 183 Å². The van der Waals surface area contributed by atoms with Crippen molar-refractivity contribution >= 4 is 59.0 Å². The molecule has 0 aliphatic rings. The number of carbonyl (C=O) groups is 2. The van der Waals surface area contributed by atoms with Gasteiger partial charge in [0.05, 0.1) is 6.54 Å². The van der Waals surface area contributed by atoms with Crippen molar-refractivity contribution in [2.75, 3.05) is 25.5 Å². The zero-order valence-corrected chi connectivity index (χ0v) is 19.5. The van der Waals surface area contributed by atoms with Crippen molar-refractivity contribution in [2.24, 2.45) is 4.99 Å². The molecule has 0 fully saturated rings. The third kappa shape index (κ3) is 10.4. The number of guanidine groups is 1. The summed E-state index contributed by atoms with van der Waals surface area (Å²) in [5, 5.41) is 12.2. The maximum Gasteiger partial charge on any atom is 0.239 e. The van der Waals surface area contributed by atoms with E-state index in [0.717, 1.165) is 5.56 Å². The summed E-state index contributed by atoms with van der Waals surface area (Å²) in [5.41, 5.74) is 1.24. The van der Waals surface area contributed by atoms with Crippen molar-refractivity contribution in [1.82, 2.24) is 16.0 Å². The fourth-order valence-electron chi connectivity index (χ4n) is 2.10. The molecule has 0 aliphatic carbocycles. The minimum atomic E-state index is -0.285. The van der Waals surface area contributed by atoms with Gasteiger partial charge in [-0.05, 0) is 45.4 Å². The Kier molecular flexibility index (Phi) is 11.3. The van der Waals surface area contributed by atoms with Crippen molar-refractivity contribution in [3.8, 4) is 0 Å². The third-order valence-electron chi connectivity index (χ3n) is 3.34. The topological polar surface area (TPSA) is 94.6 Å². The minimum absolute atomic E-state index is 0. The number of aliphatic imine (C=N–C) groups is 1. The van der Waals surface area contributed by atoms with Crippen molar-refractivity contribution in [3.05, 3.63) is 28.8 Å². The lowest BCUT2D eigenvalue weighted by Gasteiger charge is -2.21. The fourth-order valence-corrected chi connectivity index (χ4v) is 2.27. The van der Waals surface area contributed by atoms with Gasteiger partial charge in [-0.2, -0.15) is 0 Å².